The molecular weight excluding hydrogens is 347 g/mol. The molecule has 20 heavy (non-hydrogen) atoms. The van der Waals surface area contributed by atoms with Gasteiger partial charge in [0.25, 0.3) is 10.0 Å². The summed E-state index contributed by atoms with van der Waals surface area (Å²) in [5, 5.41) is 2.81. The zero-order valence-electron chi connectivity index (χ0n) is 10.5. The molecule has 4 nitrogen and oxygen atoms in total. The molecule has 7 heteroatoms. The average Bonchev–Trinajstić information content (AvgIpc) is 2.42. The van der Waals surface area contributed by atoms with Crippen LogP contribution in [-0.2, 0) is 10.0 Å². The number of anilines is 2. The third-order valence-electron chi connectivity index (χ3n) is 2.62. The van der Waals surface area contributed by atoms with Crippen molar-refractivity contribution in [2.24, 2.45) is 0 Å². The van der Waals surface area contributed by atoms with E-state index in [1.807, 2.05) is 0 Å². The molecule has 0 fully saturated rings. The minimum absolute atomic E-state index is 0.0960. The number of hydrogen-bond donors (Lipinski definition) is 2. The molecule has 0 radical (unpaired) electrons. The van der Waals surface area contributed by atoms with Crippen LogP contribution in [0.5, 0.6) is 0 Å². The highest BCUT2D eigenvalue weighted by Crippen LogP contribution is 2.28. The zero-order chi connectivity index (χ0) is 14.8. The lowest BCUT2D eigenvalue weighted by Gasteiger charge is -2.13. The molecule has 0 aliphatic carbocycles. The highest BCUT2D eigenvalue weighted by atomic mass is 79.9. The second-order valence-electron chi connectivity index (χ2n) is 3.98. The maximum absolute atomic E-state index is 13.2. The van der Waals surface area contributed by atoms with Crippen LogP contribution in [0.15, 0.2) is 51.8 Å². The van der Waals surface area contributed by atoms with E-state index in [1.165, 1.54) is 18.2 Å². The van der Waals surface area contributed by atoms with Crippen molar-refractivity contribution in [1.29, 1.82) is 0 Å². The molecule has 0 amide bonds. The summed E-state index contributed by atoms with van der Waals surface area (Å²) in [5.41, 5.74) is 0.614. The molecule has 0 spiro atoms. The number of rotatable bonds is 4. The van der Waals surface area contributed by atoms with Gasteiger partial charge in [0.2, 0.25) is 0 Å². The topological polar surface area (TPSA) is 58.2 Å². The maximum atomic E-state index is 13.2. The van der Waals surface area contributed by atoms with Gasteiger partial charge in [-0.3, -0.25) is 4.72 Å². The van der Waals surface area contributed by atoms with E-state index in [4.69, 9.17) is 0 Å². The van der Waals surface area contributed by atoms with Gasteiger partial charge in [0, 0.05) is 11.5 Å². The van der Waals surface area contributed by atoms with Gasteiger partial charge in [-0.05, 0) is 46.3 Å². The molecule has 0 aromatic heterocycles. The van der Waals surface area contributed by atoms with Crippen molar-refractivity contribution in [2.75, 3.05) is 17.1 Å². The van der Waals surface area contributed by atoms with Crippen molar-refractivity contribution in [3.05, 3.63) is 52.8 Å². The van der Waals surface area contributed by atoms with Gasteiger partial charge in [0.15, 0.2) is 0 Å². The normalized spacial score (nSPS) is 11.2. The summed E-state index contributed by atoms with van der Waals surface area (Å²) in [6, 6.07) is 10.3. The maximum Gasteiger partial charge on any atom is 0.263 e. The van der Waals surface area contributed by atoms with E-state index in [0.717, 1.165) is 6.07 Å². The molecule has 2 aromatic carbocycles. The lowest BCUT2D eigenvalue weighted by atomic mass is 10.3. The number of halogens is 2. The third kappa shape index (κ3) is 3.10. The molecule has 106 valence electrons. The van der Waals surface area contributed by atoms with E-state index in [9.17, 15) is 12.8 Å². The quantitative estimate of drug-likeness (QED) is 0.880. The highest BCUT2D eigenvalue weighted by Gasteiger charge is 2.19. The summed E-state index contributed by atoms with van der Waals surface area (Å²) >= 11 is 3.18. The van der Waals surface area contributed by atoms with Crippen LogP contribution in [0.2, 0.25) is 0 Å². The van der Waals surface area contributed by atoms with Gasteiger partial charge in [0.1, 0.15) is 10.7 Å². The van der Waals surface area contributed by atoms with Gasteiger partial charge in [-0.2, -0.15) is 0 Å². The molecule has 0 heterocycles. The van der Waals surface area contributed by atoms with Crippen LogP contribution in [0.3, 0.4) is 0 Å². The summed E-state index contributed by atoms with van der Waals surface area (Å²) in [5.74, 6) is -0.521. The van der Waals surface area contributed by atoms with E-state index in [2.05, 4.69) is 26.0 Å². The third-order valence-corrected chi connectivity index (χ3v) is 4.73. The van der Waals surface area contributed by atoms with Crippen molar-refractivity contribution < 1.29 is 12.8 Å². The van der Waals surface area contributed by atoms with Crippen LogP contribution < -0.4 is 10.0 Å². The Labute approximate surface area is 125 Å². The second-order valence-corrected chi connectivity index (χ2v) is 6.48. The lowest BCUT2D eigenvalue weighted by Crippen LogP contribution is -2.15. The monoisotopic (exact) mass is 358 g/mol. The molecule has 0 atom stereocenters. The van der Waals surface area contributed by atoms with Gasteiger partial charge in [-0.25, -0.2) is 12.8 Å². The fraction of sp³-hybridized carbons (Fsp3) is 0.0769. The molecule has 2 aromatic rings. The van der Waals surface area contributed by atoms with Gasteiger partial charge in [-0.15, -0.1) is 0 Å². The summed E-state index contributed by atoms with van der Waals surface area (Å²) in [6.45, 7) is 0. The van der Waals surface area contributed by atoms with Crippen LogP contribution in [0.1, 0.15) is 0 Å². The Bertz CT molecular complexity index is 735. The first-order valence-electron chi connectivity index (χ1n) is 5.68. The standard InChI is InChI=1S/C13H12BrFN2O2S/c1-16-11-4-2-3-5-13(11)20(18,19)17-12-8-9(15)6-7-10(12)14/h2-8,16-17H,1H3. The van der Waals surface area contributed by atoms with Crippen LogP contribution >= 0.6 is 15.9 Å². The largest absolute Gasteiger partial charge is 0.387 e. The van der Waals surface area contributed by atoms with Gasteiger partial charge in [0.05, 0.1) is 11.4 Å². The molecule has 2 rings (SSSR count). The molecule has 0 saturated heterocycles. The molecule has 0 aliphatic rings. The van der Waals surface area contributed by atoms with Gasteiger partial charge in [-0.1, -0.05) is 12.1 Å². The van der Waals surface area contributed by atoms with Crippen LogP contribution in [0.25, 0.3) is 0 Å². The minimum Gasteiger partial charge on any atom is -0.387 e. The highest BCUT2D eigenvalue weighted by molar-refractivity contribution is 9.10. The van der Waals surface area contributed by atoms with E-state index in [1.54, 1.807) is 25.2 Å². The van der Waals surface area contributed by atoms with Gasteiger partial charge < -0.3 is 5.32 Å². The molecule has 2 N–H and O–H groups in total. The first kappa shape index (κ1) is 14.8. The number of sulfonamides is 1. The van der Waals surface area contributed by atoms with Gasteiger partial charge >= 0.3 is 0 Å². The Balaban J connectivity index is 2.43. The Morgan fingerprint density at radius 2 is 1.80 bits per heavy atom. The summed E-state index contributed by atoms with van der Waals surface area (Å²) in [7, 11) is -2.17. The Morgan fingerprint density at radius 3 is 2.50 bits per heavy atom. The smallest absolute Gasteiger partial charge is 0.263 e. The molecule has 0 bridgehead atoms. The van der Waals surface area contributed by atoms with Crippen LogP contribution in [0.4, 0.5) is 15.8 Å². The number of para-hydroxylation sites is 1. The summed E-state index contributed by atoms with van der Waals surface area (Å²) in [6.07, 6.45) is 0. The van der Waals surface area contributed by atoms with Crippen molar-refractivity contribution in [3.8, 4) is 0 Å². The fourth-order valence-electron chi connectivity index (χ4n) is 1.68. The summed E-state index contributed by atoms with van der Waals surface area (Å²) < 4.78 is 40.7. The number of hydrogen-bond acceptors (Lipinski definition) is 3. The van der Waals surface area contributed by atoms with E-state index < -0.39 is 15.8 Å². The lowest BCUT2D eigenvalue weighted by molar-refractivity contribution is 0.601. The van der Waals surface area contributed by atoms with Crippen molar-refractivity contribution in [2.45, 2.75) is 4.90 Å². The Morgan fingerprint density at radius 1 is 1.10 bits per heavy atom. The molecule has 0 aliphatic heterocycles. The Hall–Kier alpha value is -1.60. The van der Waals surface area contributed by atoms with Crippen molar-refractivity contribution in [1.82, 2.24) is 0 Å². The van der Waals surface area contributed by atoms with E-state index in [-0.39, 0.29) is 10.6 Å². The Kier molecular flexibility index (Phi) is 4.29. The predicted octanol–water partition coefficient (Wildman–Crippen LogP) is 3.43. The number of benzene rings is 2. The predicted molar refractivity (Wildman–Crippen MR) is 80.9 cm³/mol. The second kappa shape index (κ2) is 5.80. The summed E-state index contributed by atoms with van der Waals surface area (Å²) in [4.78, 5) is 0.0960. The van der Waals surface area contributed by atoms with Crippen molar-refractivity contribution >= 4 is 37.3 Å². The average molecular weight is 359 g/mol. The molecular formula is C13H12BrFN2O2S. The SMILES string of the molecule is CNc1ccccc1S(=O)(=O)Nc1cc(F)ccc1Br. The van der Waals surface area contributed by atoms with E-state index >= 15 is 0 Å². The number of nitrogens with one attached hydrogen (secondary N) is 2. The molecule has 0 saturated carbocycles. The van der Waals surface area contributed by atoms with Crippen LogP contribution in [0, 0.1) is 5.82 Å². The zero-order valence-corrected chi connectivity index (χ0v) is 12.9. The first-order valence-corrected chi connectivity index (χ1v) is 7.96. The molecule has 0 unspecified atom stereocenters. The van der Waals surface area contributed by atoms with E-state index in [0.29, 0.717) is 10.2 Å². The van der Waals surface area contributed by atoms with Crippen molar-refractivity contribution in [3.63, 3.8) is 0 Å². The minimum atomic E-state index is -3.80. The first-order chi connectivity index (χ1) is 9.44. The fourth-order valence-corrected chi connectivity index (χ4v) is 3.45. The van der Waals surface area contributed by atoms with Crippen LogP contribution in [-0.4, -0.2) is 15.5 Å².